The van der Waals surface area contributed by atoms with Gasteiger partial charge in [-0.3, -0.25) is 0 Å². The summed E-state index contributed by atoms with van der Waals surface area (Å²) in [5, 5.41) is 9.44. The number of carbonyl (C=O) groups is 2. The van der Waals surface area contributed by atoms with Gasteiger partial charge in [-0.25, -0.2) is 9.59 Å². The van der Waals surface area contributed by atoms with Gasteiger partial charge in [0.2, 0.25) is 0 Å². The van der Waals surface area contributed by atoms with Crippen molar-refractivity contribution < 1.29 is 24.2 Å². The molecule has 0 saturated heterocycles. The van der Waals surface area contributed by atoms with E-state index in [1.807, 2.05) is 0 Å². The summed E-state index contributed by atoms with van der Waals surface area (Å²) in [6, 6.07) is 4.23. The van der Waals surface area contributed by atoms with Gasteiger partial charge >= 0.3 is 11.9 Å². The van der Waals surface area contributed by atoms with E-state index in [9.17, 15) is 14.7 Å². The third kappa shape index (κ3) is 8.59. The molecule has 0 atom stereocenters. The molecule has 0 amide bonds. The molecule has 0 spiro atoms. The van der Waals surface area contributed by atoms with E-state index in [2.05, 4.69) is 6.58 Å². The van der Waals surface area contributed by atoms with Gasteiger partial charge in [-0.2, -0.15) is 0 Å². The molecular weight excluding hydrogens is 344 g/mol. The fourth-order valence-electron chi connectivity index (χ4n) is 2.08. The van der Waals surface area contributed by atoms with Crippen LogP contribution >= 0.6 is 11.6 Å². The van der Waals surface area contributed by atoms with Crippen LogP contribution in [0.5, 0.6) is 5.75 Å². The minimum atomic E-state index is -0.443. The Balaban J connectivity index is 2.01. The number of unbranched alkanes of at least 4 members (excludes halogenated alkanes) is 5. The Morgan fingerprint density at radius 3 is 2.16 bits per heavy atom. The van der Waals surface area contributed by atoms with Crippen molar-refractivity contribution in [2.45, 2.75) is 45.4 Å². The predicted molar refractivity (Wildman–Crippen MR) is 96.9 cm³/mol. The molecule has 1 rings (SSSR count). The van der Waals surface area contributed by atoms with E-state index in [4.69, 9.17) is 21.1 Å². The van der Waals surface area contributed by atoms with Gasteiger partial charge in [0.25, 0.3) is 0 Å². The normalized spacial score (nSPS) is 10.3. The number of benzene rings is 1. The van der Waals surface area contributed by atoms with Crippen LogP contribution in [0.25, 0.3) is 0 Å². The summed E-state index contributed by atoms with van der Waals surface area (Å²) in [6.45, 7) is 5.94. The second-order valence-corrected chi connectivity index (χ2v) is 6.25. The lowest BCUT2D eigenvalue weighted by molar-refractivity contribution is -0.139. The van der Waals surface area contributed by atoms with Gasteiger partial charge in [0.15, 0.2) is 0 Å². The molecule has 0 fully saturated rings. The minimum absolute atomic E-state index is 0.0624. The molecule has 1 N–H and O–H groups in total. The van der Waals surface area contributed by atoms with Crippen molar-refractivity contribution in [2.75, 3.05) is 13.2 Å². The molecule has 1 aromatic rings. The summed E-state index contributed by atoms with van der Waals surface area (Å²) in [6.07, 6.45) is 5.69. The molecule has 0 heterocycles. The van der Waals surface area contributed by atoms with Gasteiger partial charge < -0.3 is 14.6 Å². The summed E-state index contributed by atoms with van der Waals surface area (Å²) in [5.74, 6) is -0.842. The SMILES string of the molecule is C=C(C)C(=O)OCCCCCCCCOC(=O)c1ccc(O)c(Cl)c1. The molecule has 0 saturated carbocycles. The zero-order valence-electron chi connectivity index (χ0n) is 14.6. The van der Waals surface area contributed by atoms with Crippen molar-refractivity contribution in [3.05, 3.63) is 40.9 Å². The van der Waals surface area contributed by atoms with Crippen molar-refractivity contribution in [1.29, 1.82) is 0 Å². The fraction of sp³-hybridized carbons (Fsp3) is 0.474. The first-order chi connectivity index (χ1) is 11.9. The molecule has 0 aliphatic heterocycles. The quantitative estimate of drug-likeness (QED) is 0.349. The first-order valence-corrected chi connectivity index (χ1v) is 8.78. The van der Waals surface area contributed by atoms with Crippen LogP contribution in [-0.2, 0) is 14.3 Å². The Morgan fingerprint density at radius 2 is 1.60 bits per heavy atom. The number of phenolic OH excluding ortho intramolecular Hbond substituents is 1. The van der Waals surface area contributed by atoms with Crippen molar-refractivity contribution in [3.8, 4) is 5.75 Å². The van der Waals surface area contributed by atoms with Crippen molar-refractivity contribution in [2.24, 2.45) is 0 Å². The smallest absolute Gasteiger partial charge is 0.338 e. The van der Waals surface area contributed by atoms with Crippen LogP contribution in [0.3, 0.4) is 0 Å². The third-order valence-corrected chi connectivity index (χ3v) is 3.84. The molecule has 0 aliphatic rings. The minimum Gasteiger partial charge on any atom is -0.506 e. The van der Waals surface area contributed by atoms with E-state index in [1.165, 1.54) is 18.2 Å². The lowest BCUT2D eigenvalue weighted by atomic mass is 10.1. The largest absolute Gasteiger partial charge is 0.506 e. The van der Waals surface area contributed by atoms with Gasteiger partial charge in [0.1, 0.15) is 5.75 Å². The van der Waals surface area contributed by atoms with Crippen LogP contribution in [0.1, 0.15) is 55.8 Å². The number of ether oxygens (including phenoxy) is 2. The van der Waals surface area contributed by atoms with Crippen LogP contribution in [0.15, 0.2) is 30.4 Å². The maximum Gasteiger partial charge on any atom is 0.338 e. The highest BCUT2D eigenvalue weighted by atomic mass is 35.5. The highest BCUT2D eigenvalue weighted by Crippen LogP contribution is 2.23. The van der Waals surface area contributed by atoms with Crippen LogP contribution in [-0.4, -0.2) is 30.3 Å². The van der Waals surface area contributed by atoms with Gasteiger partial charge in [-0.1, -0.05) is 43.9 Å². The van der Waals surface area contributed by atoms with Gasteiger partial charge in [-0.05, 0) is 38.0 Å². The van der Waals surface area contributed by atoms with E-state index in [0.717, 1.165) is 38.5 Å². The Hall–Kier alpha value is -2.01. The fourth-order valence-corrected chi connectivity index (χ4v) is 2.26. The molecule has 6 heteroatoms. The van der Waals surface area contributed by atoms with E-state index in [-0.39, 0.29) is 16.7 Å². The Bertz CT molecular complexity index is 597. The zero-order valence-corrected chi connectivity index (χ0v) is 15.3. The highest BCUT2D eigenvalue weighted by molar-refractivity contribution is 6.32. The monoisotopic (exact) mass is 368 g/mol. The number of aromatic hydroxyl groups is 1. The first-order valence-electron chi connectivity index (χ1n) is 8.40. The Labute approximate surface area is 153 Å². The second kappa shape index (κ2) is 11.5. The number of halogens is 1. The number of hydrogen-bond acceptors (Lipinski definition) is 5. The maximum absolute atomic E-state index is 11.8. The van der Waals surface area contributed by atoms with Gasteiger partial charge in [-0.15, -0.1) is 0 Å². The maximum atomic E-state index is 11.8. The highest BCUT2D eigenvalue weighted by Gasteiger charge is 2.09. The topological polar surface area (TPSA) is 72.8 Å². The molecule has 0 aliphatic carbocycles. The van der Waals surface area contributed by atoms with Gasteiger partial charge in [0.05, 0.1) is 23.8 Å². The summed E-state index contributed by atoms with van der Waals surface area (Å²) < 4.78 is 10.2. The van der Waals surface area contributed by atoms with E-state index < -0.39 is 5.97 Å². The number of carbonyl (C=O) groups excluding carboxylic acids is 2. The number of hydrogen-bond donors (Lipinski definition) is 1. The van der Waals surface area contributed by atoms with Crippen LogP contribution < -0.4 is 0 Å². The van der Waals surface area contributed by atoms with Crippen molar-refractivity contribution in [3.63, 3.8) is 0 Å². The van der Waals surface area contributed by atoms with Crippen LogP contribution in [0, 0.1) is 0 Å². The average molecular weight is 369 g/mol. The molecular formula is C19H25ClO5. The lowest BCUT2D eigenvalue weighted by Crippen LogP contribution is -2.06. The number of rotatable bonds is 11. The number of phenols is 1. The number of esters is 2. The van der Waals surface area contributed by atoms with Crippen molar-refractivity contribution in [1.82, 2.24) is 0 Å². The first kappa shape index (κ1) is 21.0. The van der Waals surface area contributed by atoms with E-state index >= 15 is 0 Å². The molecule has 138 valence electrons. The van der Waals surface area contributed by atoms with E-state index in [1.54, 1.807) is 6.92 Å². The average Bonchev–Trinajstić information content (AvgIpc) is 2.58. The lowest BCUT2D eigenvalue weighted by Gasteiger charge is -2.06. The van der Waals surface area contributed by atoms with Crippen molar-refractivity contribution >= 4 is 23.5 Å². The molecule has 1 aromatic carbocycles. The zero-order chi connectivity index (χ0) is 18.7. The molecule has 0 aromatic heterocycles. The molecule has 5 nitrogen and oxygen atoms in total. The molecule has 0 radical (unpaired) electrons. The predicted octanol–water partition coefficient (Wildman–Crippen LogP) is 4.66. The standard InChI is InChI=1S/C19H25ClO5/c1-14(2)18(22)24-11-7-5-3-4-6-8-12-25-19(23)15-9-10-17(21)16(20)13-15/h9-10,13,21H,1,3-8,11-12H2,2H3. The molecule has 25 heavy (non-hydrogen) atoms. The van der Waals surface area contributed by atoms with E-state index in [0.29, 0.717) is 24.4 Å². The Kier molecular flexibility index (Phi) is 9.70. The summed E-state index contributed by atoms with van der Waals surface area (Å²) in [5.41, 5.74) is 0.747. The second-order valence-electron chi connectivity index (χ2n) is 5.84. The van der Waals surface area contributed by atoms with Crippen LogP contribution in [0.2, 0.25) is 5.02 Å². The Morgan fingerprint density at radius 1 is 1.04 bits per heavy atom. The molecule has 0 unspecified atom stereocenters. The van der Waals surface area contributed by atoms with Crippen LogP contribution in [0.4, 0.5) is 0 Å². The summed E-state index contributed by atoms with van der Waals surface area (Å²) >= 11 is 5.76. The summed E-state index contributed by atoms with van der Waals surface area (Å²) in [7, 11) is 0. The summed E-state index contributed by atoms with van der Waals surface area (Å²) in [4.78, 5) is 23.0. The third-order valence-electron chi connectivity index (χ3n) is 3.54. The van der Waals surface area contributed by atoms with Gasteiger partial charge in [0, 0.05) is 5.57 Å². The molecule has 0 bridgehead atoms.